The summed E-state index contributed by atoms with van der Waals surface area (Å²) in [6, 6.07) is 0. The van der Waals surface area contributed by atoms with Gasteiger partial charge in [-0.3, -0.25) is 4.79 Å². The SMILES string of the molecule is O=C(O)CCCCCCCCCCCCCCCO.[CH3-].[NH-]CCCCCC[NH2+]CC[NH2+]CCCCCC[NH-].[NH2-].[NH2-].[NH2-].[NH2-].[Pt+4].[Pt]. The van der Waals surface area contributed by atoms with Gasteiger partial charge in [-0.15, -0.1) is 0 Å². The number of nitrogens with one attached hydrogen (secondary N) is 2. The molecule has 11 nitrogen and oxygen atoms in total. The van der Waals surface area contributed by atoms with E-state index in [-0.39, 0.29) is 74.2 Å². The number of aliphatic hydroxyl groups is 1. The molecule has 280 valence electrons. The molecule has 0 unspecified atom stereocenters. The first-order valence-corrected chi connectivity index (χ1v) is 15.9. The third-order valence-corrected chi connectivity index (χ3v) is 6.79. The number of nitrogens with two attached hydrogens (primary N) is 6. The zero-order chi connectivity index (χ0) is 27.5. The topological polar surface area (TPSA) is 272 Å². The number of carboxylic acids is 1. The molecule has 0 aromatic heterocycles. The Kier molecular flexibility index (Phi) is 100. The van der Waals surface area contributed by atoms with Crippen LogP contribution in [-0.2, 0) is 46.9 Å². The Morgan fingerprint density at radius 1 is 0.477 bits per heavy atom. The van der Waals surface area contributed by atoms with Gasteiger partial charge in [-0.25, -0.2) is 0 Å². The van der Waals surface area contributed by atoms with E-state index in [1.165, 1.54) is 129 Å². The summed E-state index contributed by atoms with van der Waals surface area (Å²) < 4.78 is 0. The summed E-state index contributed by atoms with van der Waals surface area (Å²) in [5, 5.41) is 22.0. The van der Waals surface area contributed by atoms with Crippen LogP contribution >= 0.6 is 0 Å². The molecule has 0 rings (SSSR count). The van der Waals surface area contributed by atoms with Crippen molar-refractivity contribution < 1.29 is 67.8 Å². The Hall–Kier alpha value is 0.487. The smallest absolute Gasteiger partial charge is 0.693 e. The number of hydrogen-bond acceptors (Lipinski definition) is 2. The van der Waals surface area contributed by atoms with Crippen molar-refractivity contribution in [3.8, 4) is 0 Å². The van der Waals surface area contributed by atoms with Crippen molar-refractivity contribution in [2.75, 3.05) is 45.9 Å². The maximum Gasteiger partial charge on any atom is 4.00 e. The summed E-state index contributed by atoms with van der Waals surface area (Å²) in [7, 11) is 0. The molecule has 0 atom stereocenters. The van der Waals surface area contributed by atoms with Gasteiger partial charge in [0.15, 0.2) is 0 Å². The van der Waals surface area contributed by atoms with Crippen LogP contribution in [0.1, 0.15) is 141 Å². The summed E-state index contributed by atoms with van der Waals surface area (Å²) in [4.78, 5) is 10.3. The summed E-state index contributed by atoms with van der Waals surface area (Å²) in [6.07, 6.45) is 25.9. The molecule has 0 aliphatic heterocycles. The summed E-state index contributed by atoms with van der Waals surface area (Å²) in [5.74, 6) is -0.668. The molecule has 16 N–H and O–H groups in total. The zero-order valence-electron chi connectivity index (χ0n) is 28.4. The van der Waals surface area contributed by atoms with E-state index in [0.29, 0.717) is 26.1 Å². The van der Waals surface area contributed by atoms with Crippen molar-refractivity contribution in [3.05, 3.63) is 43.5 Å². The molecule has 0 spiro atoms. The van der Waals surface area contributed by atoms with Crippen molar-refractivity contribution in [3.63, 3.8) is 0 Å². The molecule has 0 aliphatic rings. The van der Waals surface area contributed by atoms with E-state index in [4.69, 9.17) is 21.7 Å². The van der Waals surface area contributed by atoms with Crippen LogP contribution in [0.15, 0.2) is 0 Å². The van der Waals surface area contributed by atoms with Crippen molar-refractivity contribution in [1.82, 2.24) is 0 Å². The Labute approximate surface area is 303 Å². The van der Waals surface area contributed by atoms with Gasteiger partial charge >= 0.3 is 27.0 Å². The van der Waals surface area contributed by atoms with Crippen molar-refractivity contribution >= 4 is 5.97 Å². The fraction of sp³-hybridized carbons (Fsp3) is 0.935. The maximum absolute atomic E-state index is 10.3. The first-order valence-electron chi connectivity index (χ1n) is 15.9. The molecule has 0 aliphatic carbocycles. The predicted molar refractivity (Wildman–Crippen MR) is 186 cm³/mol. The Morgan fingerprint density at radius 3 is 1.05 bits per heavy atom. The van der Waals surface area contributed by atoms with Crippen LogP contribution in [0.4, 0.5) is 0 Å². The zero-order valence-corrected chi connectivity index (χ0v) is 32.9. The molecule has 0 saturated heterocycles. The van der Waals surface area contributed by atoms with Crippen LogP contribution in [0.2, 0.25) is 0 Å². The van der Waals surface area contributed by atoms with Crippen LogP contribution in [0.5, 0.6) is 0 Å². The third-order valence-electron chi connectivity index (χ3n) is 6.79. The van der Waals surface area contributed by atoms with E-state index < -0.39 is 5.97 Å². The molecule has 0 aromatic rings. The second kappa shape index (κ2) is 66.0. The minimum absolute atomic E-state index is 0. The van der Waals surface area contributed by atoms with Gasteiger partial charge < -0.3 is 64.3 Å². The van der Waals surface area contributed by atoms with Crippen LogP contribution in [0.25, 0.3) is 36.1 Å². The van der Waals surface area contributed by atoms with Crippen molar-refractivity contribution in [1.29, 1.82) is 0 Å². The minimum atomic E-state index is -0.668. The van der Waals surface area contributed by atoms with Gasteiger partial charge in [-0.05, 0) is 38.5 Å². The van der Waals surface area contributed by atoms with E-state index in [9.17, 15) is 4.79 Å². The summed E-state index contributed by atoms with van der Waals surface area (Å²) in [6.45, 7) is 6.54. The Bertz CT molecular complexity index is 421. The second-order valence-corrected chi connectivity index (χ2v) is 10.5. The van der Waals surface area contributed by atoms with Gasteiger partial charge in [0.2, 0.25) is 0 Å². The second-order valence-electron chi connectivity index (χ2n) is 10.5. The number of aliphatic hydroxyl groups excluding tert-OH is 1. The largest absolute Gasteiger partial charge is 4.00 e. The van der Waals surface area contributed by atoms with Crippen LogP contribution in [0.3, 0.4) is 0 Å². The number of unbranched alkanes of at least 4 members (excludes halogenated alkanes) is 18. The van der Waals surface area contributed by atoms with Gasteiger partial charge in [0.1, 0.15) is 13.1 Å². The normalized spacial score (nSPS) is 9.16. The van der Waals surface area contributed by atoms with E-state index in [0.717, 1.165) is 32.1 Å². The molecule has 0 amide bonds. The quantitative estimate of drug-likeness (QED) is 0.0405. The fourth-order valence-electron chi connectivity index (χ4n) is 4.39. The van der Waals surface area contributed by atoms with Gasteiger partial charge in [-0.2, -0.15) is 13.1 Å². The molecule has 44 heavy (non-hydrogen) atoms. The monoisotopic (exact) mass is 1000 g/mol. The molecular weight excluding hydrogens is 923 g/mol. The standard InChI is InChI=1S/C16H32O3.C14H32N4.CH3.4H2N.2Pt/c17-15-13-11-9-7-5-3-1-2-4-6-8-10-12-14-16(18)19;15-9-5-1-3-7-11-17-13-14-18-12-8-4-2-6-10-16;;;;;;;/h17H,1-15H2,(H,18,19);15-18H,1-14H2;1H3;4*1H2;;/q;-2;5*-1;;+4/p+2. The summed E-state index contributed by atoms with van der Waals surface area (Å²) >= 11 is 0. The van der Waals surface area contributed by atoms with Crippen LogP contribution in [-0.4, -0.2) is 62.1 Å². The minimum Gasteiger partial charge on any atom is -0.693 e. The first kappa shape index (κ1) is 66.8. The first-order chi connectivity index (χ1) is 18.2. The molecular formula is C31H77N8O3Pt2-. The Morgan fingerprint density at radius 2 is 0.750 bits per heavy atom. The number of carboxylic acid groups (broad SMARTS) is 1. The van der Waals surface area contributed by atoms with Crippen molar-refractivity contribution in [2.45, 2.75) is 141 Å². The predicted octanol–water partition coefficient (Wildman–Crippen LogP) is 9.18. The molecule has 0 aromatic carbocycles. The molecule has 0 bridgehead atoms. The van der Waals surface area contributed by atoms with Gasteiger partial charge in [0.05, 0.1) is 13.1 Å². The van der Waals surface area contributed by atoms with E-state index in [1.807, 2.05) is 0 Å². The van der Waals surface area contributed by atoms with Gasteiger partial charge in [0, 0.05) is 34.1 Å². The van der Waals surface area contributed by atoms with E-state index >= 15 is 0 Å². The van der Waals surface area contributed by atoms with E-state index in [2.05, 4.69) is 10.6 Å². The third kappa shape index (κ3) is 73.8. The molecule has 13 heteroatoms. The molecule has 0 heterocycles. The molecule has 0 fully saturated rings. The number of rotatable bonds is 30. The van der Waals surface area contributed by atoms with Crippen LogP contribution in [0, 0.1) is 7.43 Å². The van der Waals surface area contributed by atoms with E-state index in [1.54, 1.807) is 0 Å². The van der Waals surface area contributed by atoms with Crippen molar-refractivity contribution in [2.24, 2.45) is 0 Å². The average Bonchev–Trinajstić information content (AvgIpc) is 2.89. The maximum atomic E-state index is 10.3. The molecule has 0 saturated carbocycles. The molecule has 0 radical (unpaired) electrons. The summed E-state index contributed by atoms with van der Waals surface area (Å²) in [5.41, 5.74) is 14.1. The van der Waals surface area contributed by atoms with Gasteiger partial charge in [0.25, 0.3) is 0 Å². The number of aliphatic carboxylic acids is 1. The number of hydrogen-bond donors (Lipinski definition) is 4. The number of quaternary nitrogens is 2. The van der Waals surface area contributed by atoms with Gasteiger partial charge in [-0.1, -0.05) is 96.3 Å². The van der Waals surface area contributed by atoms with Crippen LogP contribution < -0.4 is 10.6 Å². The Balaban J connectivity index is -0.0000000687. The fourth-order valence-corrected chi connectivity index (χ4v) is 4.39. The number of carbonyl (C=O) groups is 1. The average molecular weight is 1000 g/mol.